The second-order valence-electron chi connectivity index (χ2n) is 1.49. The molecule has 0 saturated heterocycles. The molecule has 4 heteroatoms. The first kappa shape index (κ1) is 4.77. The predicted molar refractivity (Wildman–Crippen MR) is 44.9 cm³/mol. The van der Waals surface area contributed by atoms with Crippen LogP contribution < -0.4 is 11.5 Å². The average molecular weight is 165 g/mol. The third-order valence-corrected chi connectivity index (χ3v) is 0.588. The van der Waals surface area contributed by atoms with Crippen molar-refractivity contribution < 1.29 is 16.8 Å². The van der Waals surface area contributed by atoms with E-state index in [1.165, 1.54) is 0 Å². The molecule has 66 valence electrons. The van der Waals surface area contributed by atoms with E-state index in [9.17, 15) is 4.79 Å². The molecule has 1 atom stereocenters. The van der Waals surface area contributed by atoms with Gasteiger partial charge in [0.2, 0.25) is 0 Å². The van der Waals surface area contributed by atoms with Gasteiger partial charge in [0.25, 0.3) is 0 Å². The molecule has 0 aromatic heterocycles. The summed E-state index contributed by atoms with van der Waals surface area (Å²) in [7, 11) is 0. The Kier molecular flexibility index (Phi) is 2.48. The van der Waals surface area contributed by atoms with Crippen LogP contribution in [0, 0.1) is 0 Å². The fourth-order valence-corrected chi connectivity index (χ4v) is 0.201. The van der Waals surface area contributed by atoms with Crippen LogP contribution in [0.2, 0.25) is 0 Å². The number of nitrogens with two attached hydrogens (primary N) is 2. The van der Waals surface area contributed by atoms with Crippen LogP contribution in [0.4, 0.5) is 0 Å². The number of aliphatic carboxylic acids is 1. The highest BCUT2D eigenvalue weighted by atomic mass is 16.4. The van der Waals surface area contributed by atoms with E-state index in [1.54, 1.807) is 0 Å². The normalized spacial score (nSPS) is 23.5. The van der Waals surface area contributed by atoms with Crippen LogP contribution in [-0.2, 0) is 4.79 Å². The van der Waals surface area contributed by atoms with E-state index in [0.717, 1.165) is 0 Å². The summed E-state index contributed by atoms with van der Waals surface area (Å²) >= 11 is 0. The molecule has 0 heterocycles. The highest BCUT2D eigenvalue weighted by Gasteiger charge is 2.09. The number of hydrogen-bond donors (Lipinski definition) is 3. The summed E-state index contributed by atoms with van der Waals surface area (Å²) in [5, 5.41) is 8.53. The Morgan fingerprint density at radius 1 is 1.91 bits per heavy atom. The van der Waals surface area contributed by atoms with E-state index in [2.05, 4.69) is 6.58 Å². The number of rotatable bonds is 4. The third kappa shape index (κ3) is 6.86. The summed E-state index contributed by atoms with van der Waals surface area (Å²) in [5.74, 6) is -1.99. The standard InChI is InChI=1S/C6H12N2O2.CH4/c1-4(7)2-3-5(8)6(9)10;/h5H,1-3,7-8H2,(H,9,10);1H4/i2D2,3D2,5D;. The minimum absolute atomic E-state index is 0. The maximum absolute atomic E-state index is 10.5. The number of hydrogen-bond acceptors (Lipinski definition) is 3. The van der Waals surface area contributed by atoms with E-state index >= 15 is 0 Å². The number of allylic oxidation sites excluding steroid dienone is 1. The molecule has 0 aromatic rings. The predicted octanol–water partition coefficient (Wildman–Crippen LogP) is 0.287. The molecule has 0 spiro atoms. The lowest BCUT2D eigenvalue weighted by Crippen LogP contribution is -2.30. The van der Waals surface area contributed by atoms with Gasteiger partial charge in [0.1, 0.15) is 6.02 Å². The number of carboxylic acid groups (broad SMARTS) is 1. The van der Waals surface area contributed by atoms with Crippen LogP contribution in [0.5, 0.6) is 0 Å². The zero-order valence-electron chi connectivity index (χ0n) is 10.2. The molecule has 0 amide bonds. The van der Waals surface area contributed by atoms with E-state index < -0.39 is 30.4 Å². The molecular formula is C7H16N2O2. The maximum atomic E-state index is 10.5. The van der Waals surface area contributed by atoms with Gasteiger partial charge in [0.05, 0.1) is 1.37 Å². The highest BCUT2D eigenvalue weighted by Crippen LogP contribution is 1.98. The molecule has 0 aliphatic rings. The first-order chi connectivity index (χ1) is 6.39. The SMILES string of the molecule is C.[2H]C([2H])(C(=C)N)C([2H])([2H])C([2H])(N)C(=O)O. The Balaban J connectivity index is 0. The average Bonchev–Trinajstić information content (AvgIpc) is 2.02. The van der Waals surface area contributed by atoms with Gasteiger partial charge in [-0.25, -0.2) is 0 Å². The van der Waals surface area contributed by atoms with Crippen molar-refractivity contribution in [1.82, 2.24) is 0 Å². The van der Waals surface area contributed by atoms with Gasteiger partial charge in [-0.2, -0.15) is 0 Å². The molecule has 5 N–H and O–H groups in total. The Morgan fingerprint density at radius 3 is 2.64 bits per heavy atom. The molecule has 0 bridgehead atoms. The smallest absolute Gasteiger partial charge is 0.320 e. The molecule has 0 fully saturated rings. The van der Waals surface area contributed by atoms with Crippen molar-refractivity contribution in [3.8, 4) is 0 Å². The second-order valence-corrected chi connectivity index (χ2v) is 1.49. The van der Waals surface area contributed by atoms with Crippen LogP contribution in [0.25, 0.3) is 0 Å². The van der Waals surface area contributed by atoms with Crippen molar-refractivity contribution in [3.05, 3.63) is 12.3 Å². The van der Waals surface area contributed by atoms with Crippen molar-refractivity contribution in [2.24, 2.45) is 11.5 Å². The van der Waals surface area contributed by atoms with Crippen LogP contribution in [0.15, 0.2) is 12.3 Å². The van der Waals surface area contributed by atoms with E-state index in [4.69, 9.17) is 23.4 Å². The molecule has 0 saturated carbocycles. The summed E-state index contributed by atoms with van der Waals surface area (Å²) in [6.07, 6.45) is -6.13. The fourth-order valence-electron chi connectivity index (χ4n) is 0.201. The fraction of sp³-hybridized carbons (Fsp3) is 0.571. The first-order valence-corrected chi connectivity index (χ1v) is 2.36. The molecule has 0 radical (unpaired) electrons. The largest absolute Gasteiger partial charge is 0.480 e. The van der Waals surface area contributed by atoms with Crippen LogP contribution in [-0.4, -0.2) is 17.1 Å². The van der Waals surface area contributed by atoms with E-state index in [0.29, 0.717) is 0 Å². The Bertz CT molecular complexity index is 275. The Morgan fingerprint density at radius 2 is 2.36 bits per heavy atom. The van der Waals surface area contributed by atoms with Gasteiger partial charge in [-0.1, -0.05) is 14.0 Å². The monoisotopic (exact) mass is 165 g/mol. The quantitative estimate of drug-likeness (QED) is 0.558. The topological polar surface area (TPSA) is 89.3 Å². The van der Waals surface area contributed by atoms with Crippen molar-refractivity contribution in [1.29, 1.82) is 0 Å². The highest BCUT2D eigenvalue weighted by molar-refractivity contribution is 5.72. The van der Waals surface area contributed by atoms with Crippen molar-refractivity contribution in [2.75, 3.05) is 0 Å². The van der Waals surface area contributed by atoms with E-state index in [-0.39, 0.29) is 7.43 Å². The summed E-state index contributed by atoms with van der Waals surface area (Å²) in [5.41, 5.74) is 9.20. The zero-order chi connectivity index (χ0) is 12.7. The lowest BCUT2D eigenvalue weighted by Gasteiger charge is -2.04. The van der Waals surface area contributed by atoms with Gasteiger partial charge in [0.15, 0.2) is 0 Å². The van der Waals surface area contributed by atoms with Crippen LogP contribution in [0.3, 0.4) is 0 Å². The molecule has 11 heavy (non-hydrogen) atoms. The minimum atomic E-state index is -3.21. The lowest BCUT2D eigenvalue weighted by atomic mass is 10.1. The molecule has 0 aliphatic carbocycles. The summed E-state index contributed by atoms with van der Waals surface area (Å²) in [4.78, 5) is 10.5. The molecular weight excluding hydrogens is 144 g/mol. The second kappa shape index (κ2) is 5.73. The van der Waals surface area contributed by atoms with Gasteiger partial charge in [-0.05, 0) is 12.7 Å². The third-order valence-electron chi connectivity index (χ3n) is 0.588. The van der Waals surface area contributed by atoms with Crippen LogP contribution >= 0.6 is 0 Å². The Hall–Kier alpha value is -1.03. The molecule has 4 nitrogen and oxygen atoms in total. The lowest BCUT2D eigenvalue weighted by molar-refractivity contribution is -0.138. The number of carboxylic acids is 1. The van der Waals surface area contributed by atoms with Gasteiger partial charge in [0, 0.05) is 11.2 Å². The van der Waals surface area contributed by atoms with Crippen LogP contribution in [0.1, 0.15) is 27.0 Å². The number of carbonyl (C=O) groups is 1. The summed E-state index contributed by atoms with van der Waals surface area (Å²) in [6.45, 7) is 3.00. The van der Waals surface area contributed by atoms with Crippen molar-refractivity contribution in [3.63, 3.8) is 0 Å². The molecule has 0 aliphatic heterocycles. The van der Waals surface area contributed by atoms with E-state index in [1.807, 2.05) is 0 Å². The molecule has 0 rings (SSSR count). The van der Waals surface area contributed by atoms with Gasteiger partial charge >= 0.3 is 5.97 Å². The minimum Gasteiger partial charge on any atom is -0.480 e. The van der Waals surface area contributed by atoms with Gasteiger partial charge in [-0.15, -0.1) is 0 Å². The molecule has 1 unspecified atom stereocenters. The Labute approximate surface area is 73.9 Å². The van der Waals surface area contributed by atoms with Gasteiger partial charge < -0.3 is 16.6 Å². The zero-order valence-corrected chi connectivity index (χ0v) is 5.22. The first-order valence-electron chi connectivity index (χ1n) is 4.86. The van der Waals surface area contributed by atoms with Crippen molar-refractivity contribution in [2.45, 2.75) is 26.2 Å². The summed E-state index contributed by atoms with van der Waals surface area (Å²) in [6, 6.07) is -3.15. The maximum Gasteiger partial charge on any atom is 0.320 e. The van der Waals surface area contributed by atoms with Crippen molar-refractivity contribution >= 4 is 5.97 Å². The summed E-state index contributed by atoms with van der Waals surface area (Å²) < 4.78 is 36.1. The van der Waals surface area contributed by atoms with Gasteiger partial charge in [-0.3, -0.25) is 4.79 Å². The molecule has 0 aromatic carbocycles.